The molecule has 3 nitrogen and oxygen atoms in total. The first-order valence-corrected chi connectivity index (χ1v) is 6.60. The molecule has 0 saturated carbocycles. The third kappa shape index (κ3) is 2.23. The van der Waals surface area contributed by atoms with Crippen LogP contribution in [0.15, 0.2) is 41.2 Å². The number of hydrogen-bond acceptors (Lipinski definition) is 1. The second-order valence-electron chi connectivity index (χ2n) is 4.76. The highest BCUT2D eigenvalue weighted by Crippen LogP contribution is 2.30. The molecule has 1 heterocycles. The van der Waals surface area contributed by atoms with Gasteiger partial charge in [0.05, 0.1) is 16.4 Å². The van der Waals surface area contributed by atoms with Crippen LogP contribution in [0.5, 0.6) is 0 Å². The zero-order valence-electron chi connectivity index (χ0n) is 10.7. The first kappa shape index (κ1) is 12.9. The number of aromatic nitrogens is 2. The van der Waals surface area contributed by atoms with E-state index in [9.17, 15) is 9.18 Å². The molecule has 0 spiro atoms. The highest BCUT2D eigenvalue weighted by Gasteiger charge is 2.13. The van der Waals surface area contributed by atoms with Gasteiger partial charge in [0.25, 0.3) is 0 Å². The quantitative estimate of drug-likeness (QED) is 0.696. The fourth-order valence-electron chi connectivity index (χ4n) is 2.23. The van der Waals surface area contributed by atoms with Gasteiger partial charge < -0.3 is 9.97 Å². The van der Waals surface area contributed by atoms with Crippen molar-refractivity contribution in [2.45, 2.75) is 12.3 Å². The number of hydrogen-bond donors (Lipinski definition) is 2. The summed E-state index contributed by atoms with van der Waals surface area (Å²) >= 11 is 6.44. The minimum atomic E-state index is -0.392. The summed E-state index contributed by atoms with van der Waals surface area (Å²) in [6.07, 6.45) is 0. The van der Waals surface area contributed by atoms with Crippen LogP contribution in [0.3, 0.4) is 0 Å². The number of fused-ring (bicyclic) bond motifs is 1. The lowest BCUT2D eigenvalue weighted by Gasteiger charge is -2.11. The Balaban J connectivity index is 2.04. The summed E-state index contributed by atoms with van der Waals surface area (Å²) in [4.78, 5) is 16.6. The van der Waals surface area contributed by atoms with E-state index in [0.29, 0.717) is 11.1 Å². The summed E-state index contributed by atoms with van der Waals surface area (Å²) in [5, 5.41) is -0.392. The van der Waals surface area contributed by atoms with Gasteiger partial charge in [-0.15, -0.1) is 11.6 Å². The molecule has 0 radical (unpaired) electrons. The van der Waals surface area contributed by atoms with E-state index < -0.39 is 5.38 Å². The van der Waals surface area contributed by atoms with E-state index in [-0.39, 0.29) is 11.5 Å². The maximum Gasteiger partial charge on any atom is 0.323 e. The van der Waals surface area contributed by atoms with Crippen LogP contribution >= 0.6 is 11.6 Å². The van der Waals surface area contributed by atoms with Gasteiger partial charge in [-0.1, -0.05) is 18.2 Å². The van der Waals surface area contributed by atoms with Gasteiger partial charge in [-0.3, -0.25) is 0 Å². The lowest BCUT2D eigenvalue weighted by molar-refractivity contribution is 0.617. The van der Waals surface area contributed by atoms with E-state index >= 15 is 0 Å². The minimum Gasteiger partial charge on any atom is -0.306 e. The predicted molar refractivity (Wildman–Crippen MR) is 77.8 cm³/mol. The first-order valence-electron chi connectivity index (χ1n) is 6.16. The molecule has 0 bridgehead atoms. The fraction of sp³-hybridized carbons (Fsp3) is 0.133. The zero-order chi connectivity index (χ0) is 14.3. The van der Waals surface area contributed by atoms with Crippen molar-refractivity contribution >= 4 is 22.6 Å². The molecule has 0 aliphatic rings. The summed E-state index contributed by atoms with van der Waals surface area (Å²) in [5.74, 6) is -0.247. The summed E-state index contributed by atoms with van der Waals surface area (Å²) in [6.45, 7) is 1.70. The van der Waals surface area contributed by atoms with E-state index in [0.717, 1.165) is 16.6 Å². The Morgan fingerprint density at radius 1 is 1.05 bits per heavy atom. The Morgan fingerprint density at radius 2 is 1.70 bits per heavy atom. The molecule has 0 amide bonds. The molecule has 1 unspecified atom stereocenters. The summed E-state index contributed by atoms with van der Waals surface area (Å²) in [6, 6.07) is 10.3. The average Bonchev–Trinajstić information content (AvgIpc) is 2.80. The number of alkyl halides is 1. The Bertz CT molecular complexity index is 837. The van der Waals surface area contributed by atoms with Crippen molar-refractivity contribution in [2.75, 3.05) is 0 Å². The Hall–Kier alpha value is -2.07. The highest BCUT2D eigenvalue weighted by atomic mass is 35.5. The summed E-state index contributed by atoms with van der Waals surface area (Å²) in [7, 11) is 0. The van der Waals surface area contributed by atoms with E-state index in [2.05, 4.69) is 9.97 Å². The molecule has 0 saturated heterocycles. The van der Waals surface area contributed by atoms with Gasteiger partial charge in [0.1, 0.15) is 5.82 Å². The monoisotopic (exact) mass is 290 g/mol. The molecule has 0 aliphatic heterocycles. The van der Waals surface area contributed by atoms with Gasteiger partial charge in [0.2, 0.25) is 0 Å². The van der Waals surface area contributed by atoms with Crippen LogP contribution in [0.1, 0.15) is 22.1 Å². The van der Waals surface area contributed by atoms with Crippen molar-refractivity contribution in [3.63, 3.8) is 0 Å². The van der Waals surface area contributed by atoms with Crippen molar-refractivity contribution in [1.29, 1.82) is 0 Å². The van der Waals surface area contributed by atoms with Crippen LogP contribution in [0.2, 0.25) is 0 Å². The SMILES string of the molecule is Cc1cc(C(Cl)c2ccc3[nH]c(=O)[nH]c3c2)ccc1F. The maximum absolute atomic E-state index is 13.3. The minimum absolute atomic E-state index is 0.247. The molecule has 5 heteroatoms. The number of nitrogens with one attached hydrogen (secondary N) is 2. The Kier molecular flexibility index (Phi) is 3.10. The molecule has 20 heavy (non-hydrogen) atoms. The van der Waals surface area contributed by atoms with Gasteiger partial charge in [-0.05, 0) is 41.8 Å². The van der Waals surface area contributed by atoms with E-state index in [1.165, 1.54) is 6.07 Å². The van der Waals surface area contributed by atoms with Crippen molar-refractivity contribution < 1.29 is 4.39 Å². The second-order valence-corrected chi connectivity index (χ2v) is 5.19. The Morgan fingerprint density at radius 3 is 2.45 bits per heavy atom. The van der Waals surface area contributed by atoms with Crippen LogP contribution in [0, 0.1) is 12.7 Å². The summed E-state index contributed by atoms with van der Waals surface area (Å²) < 4.78 is 13.3. The number of H-pyrrole nitrogens is 2. The average molecular weight is 291 g/mol. The van der Waals surface area contributed by atoms with E-state index in [1.807, 2.05) is 12.1 Å². The second kappa shape index (κ2) is 4.80. The smallest absolute Gasteiger partial charge is 0.306 e. The highest BCUT2D eigenvalue weighted by molar-refractivity contribution is 6.22. The van der Waals surface area contributed by atoms with E-state index in [1.54, 1.807) is 25.1 Å². The Labute approximate surface area is 119 Å². The lowest BCUT2D eigenvalue weighted by atomic mass is 10.0. The third-order valence-electron chi connectivity index (χ3n) is 3.31. The van der Waals surface area contributed by atoms with Gasteiger partial charge in [-0.2, -0.15) is 0 Å². The first-order chi connectivity index (χ1) is 9.54. The number of imidazole rings is 1. The normalized spacial score (nSPS) is 12.8. The van der Waals surface area contributed by atoms with Crippen LogP contribution in [0.4, 0.5) is 4.39 Å². The van der Waals surface area contributed by atoms with E-state index in [4.69, 9.17) is 11.6 Å². The van der Waals surface area contributed by atoms with Crippen LogP contribution in [-0.4, -0.2) is 9.97 Å². The standard InChI is InChI=1S/C15H12ClFN2O/c1-8-6-9(2-4-11(8)17)14(16)10-3-5-12-13(7-10)19-15(20)18-12/h2-7,14H,1H3,(H2,18,19,20). The maximum atomic E-state index is 13.3. The van der Waals surface area contributed by atoms with Gasteiger partial charge in [0.15, 0.2) is 0 Å². The topological polar surface area (TPSA) is 48.6 Å². The number of halogens is 2. The third-order valence-corrected chi connectivity index (χ3v) is 3.81. The fourth-order valence-corrected chi connectivity index (χ4v) is 2.50. The number of benzene rings is 2. The van der Waals surface area contributed by atoms with Crippen LogP contribution in [-0.2, 0) is 0 Å². The van der Waals surface area contributed by atoms with Crippen molar-refractivity contribution in [1.82, 2.24) is 9.97 Å². The molecule has 0 fully saturated rings. The predicted octanol–water partition coefficient (Wildman–Crippen LogP) is 3.63. The molecule has 1 aromatic heterocycles. The van der Waals surface area contributed by atoms with Crippen molar-refractivity contribution in [2.24, 2.45) is 0 Å². The lowest BCUT2D eigenvalue weighted by Crippen LogP contribution is -1.99. The number of rotatable bonds is 2. The van der Waals surface area contributed by atoms with Crippen LogP contribution in [0.25, 0.3) is 11.0 Å². The molecule has 102 valence electrons. The molecule has 2 N–H and O–H groups in total. The van der Waals surface area contributed by atoms with Crippen molar-refractivity contribution in [3.05, 3.63) is 69.4 Å². The van der Waals surface area contributed by atoms with Crippen molar-refractivity contribution in [3.8, 4) is 0 Å². The largest absolute Gasteiger partial charge is 0.323 e. The number of aromatic amines is 2. The molecule has 0 aliphatic carbocycles. The van der Waals surface area contributed by atoms with Crippen LogP contribution < -0.4 is 5.69 Å². The molecule has 2 aromatic carbocycles. The molecule has 3 rings (SSSR count). The zero-order valence-corrected chi connectivity index (χ0v) is 11.5. The molecular weight excluding hydrogens is 279 g/mol. The van der Waals surface area contributed by atoms with Gasteiger partial charge in [0, 0.05) is 0 Å². The number of aryl methyl sites for hydroxylation is 1. The molecular formula is C15H12ClFN2O. The molecule has 1 atom stereocenters. The molecule has 3 aromatic rings. The van der Waals surface area contributed by atoms with Gasteiger partial charge >= 0.3 is 5.69 Å². The summed E-state index contributed by atoms with van der Waals surface area (Å²) in [5.41, 5.74) is 3.42. The van der Waals surface area contributed by atoms with Gasteiger partial charge in [-0.25, -0.2) is 9.18 Å².